The van der Waals surface area contributed by atoms with E-state index in [4.69, 9.17) is 4.74 Å². The third kappa shape index (κ3) is 2.83. The van der Waals surface area contributed by atoms with Crippen LogP contribution in [0.15, 0.2) is 28.7 Å². The van der Waals surface area contributed by atoms with Crippen LogP contribution in [0.25, 0.3) is 0 Å². The first-order valence-corrected chi connectivity index (χ1v) is 6.09. The van der Waals surface area contributed by atoms with E-state index in [0.29, 0.717) is 12.0 Å². The third-order valence-corrected chi connectivity index (χ3v) is 3.24. The largest absolute Gasteiger partial charge is 0.459 e. The van der Waals surface area contributed by atoms with E-state index in [-0.39, 0.29) is 18.2 Å². The quantitative estimate of drug-likeness (QED) is 0.849. The zero-order valence-corrected chi connectivity index (χ0v) is 10.3. The average molecular weight is 285 g/mol. The first-order chi connectivity index (χ1) is 7.65. The lowest BCUT2D eigenvalue weighted by Gasteiger charge is -2.11. The Morgan fingerprint density at radius 3 is 2.56 bits per heavy atom. The Balaban J connectivity index is 1.95. The van der Waals surface area contributed by atoms with Gasteiger partial charge in [0.1, 0.15) is 6.10 Å². The highest BCUT2D eigenvalue weighted by Crippen LogP contribution is 2.23. The summed E-state index contributed by atoms with van der Waals surface area (Å²) in [7, 11) is 0. The highest BCUT2D eigenvalue weighted by atomic mass is 79.9. The van der Waals surface area contributed by atoms with Crippen molar-refractivity contribution in [3.63, 3.8) is 0 Å². The van der Waals surface area contributed by atoms with Crippen molar-refractivity contribution in [1.29, 1.82) is 0 Å². The SMILES string of the molecule is O=C(O[C@H]1CC[C@H](O)C1)c1ccc(Br)cc1. The number of rotatable bonds is 2. The summed E-state index contributed by atoms with van der Waals surface area (Å²) in [5.74, 6) is -0.313. The molecule has 2 atom stereocenters. The van der Waals surface area contributed by atoms with Crippen LogP contribution in [0.2, 0.25) is 0 Å². The fourth-order valence-corrected chi connectivity index (χ4v) is 2.09. The van der Waals surface area contributed by atoms with Gasteiger partial charge in [-0.2, -0.15) is 0 Å². The number of hydrogen-bond acceptors (Lipinski definition) is 3. The predicted molar refractivity (Wildman–Crippen MR) is 63.2 cm³/mol. The number of aliphatic hydroxyl groups is 1. The van der Waals surface area contributed by atoms with Gasteiger partial charge in [-0.3, -0.25) is 0 Å². The minimum Gasteiger partial charge on any atom is -0.459 e. The lowest BCUT2D eigenvalue weighted by Crippen LogP contribution is -2.16. The zero-order valence-electron chi connectivity index (χ0n) is 8.73. The molecule has 2 rings (SSSR count). The van der Waals surface area contributed by atoms with Gasteiger partial charge in [0.25, 0.3) is 0 Å². The fourth-order valence-electron chi connectivity index (χ4n) is 1.83. The van der Waals surface area contributed by atoms with Gasteiger partial charge in [0.2, 0.25) is 0 Å². The summed E-state index contributed by atoms with van der Waals surface area (Å²) in [5.41, 5.74) is 0.546. The molecular weight excluding hydrogens is 272 g/mol. The topological polar surface area (TPSA) is 46.5 Å². The number of benzene rings is 1. The van der Waals surface area contributed by atoms with Gasteiger partial charge in [0, 0.05) is 10.9 Å². The first-order valence-electron chi connectivity index (χ1n) is 5.30. The van der Waals surface area contributed by atoms with Crippen LogP contribution in [-0.2, 0) is 4.74 Å². The van der Waals surface area contributed by atoms with Crippen molar-refractivity contribution in [2.45, 2.75) is 31.5 Å². The smallest absolute Gasteiger partial charge is 0.338 e. The molecule has 1 aliphatic carbocycles. The Morgan fingerprint density at radius 1 is 1.31 bits per heavy atom. The second-order valence-electron chi connectivity index (χ2n) is 4.00. The minimum absolute atomic E-state index is 0.133. The number of ether oxygens (including phenoxy) is 1. The van der Waals surface area contributed by atoms with Gasteiger partial charge in [0.05, 0.1) is 11.7 Å². The van der Waals surface area contributed by atoms with E-state index < -0.39 is 0 Å². The van der Waals surface area contributed by atoms with Gasteiger partial charge in [-0.1, -0.05) is 15.9 Å². The molecule has 86 valence electrons. The molecule has 1 fully saturated rings. The van der Waals surface area contributed by atoms with E-state index >= 15 is 0 Å². The molecule has 4 heteroatoms. The summed E-state index contributed by atoms with van der Waals surface area (Å²) in [4.78, 5) is 11.7. The van der Waals surface area contributed by atoms with Crippen LogP contribution in [0.5, 0.6) is 0 Å². The van der Waals surface area contributed by atoms with Gasteiger partial charge >= 0.3 is 5.97 Å². The highest BCUT2D eigenvalue weighted by molar-refractivity contribution is 9.10. The number of carbonyl (C=O) groups excluding carboxylic acids is 1. The standard InChI is InChI=1S/C12H13BrO3/c13-9-3-1-8(2-4-9)12(15)16-11-6-5-10(14)7-11/h1-4,10-11,14H,5-7H2/t10-,11-/m0/s1. The van der Waals surface area contributed by atoms with Crippen LogP contribution < -0.4 is 0 Å². The molecule has 0 unspecified atom stereocenters. The van der Waals surface area contributed by atoms with Crippen LogP contribution in [0.1, 0.15) is 29.6 Å². The normalized spacial score (nSPS) is 24.4. The molecule has 0 bridgehead atoms. The molecule has 1 aromatic rings. The Labute approximate surface area is 103 Å². The third-order valence-electron chi connectivity index (χ3n) is 2.71. The molecule has 1 N–H and O–H groups in total. The van der Waals surface area contributed by atoms with Crippen molar-refractivity contribution in [2.75, 3.05) is 0 Å². The number of hydrogen-bond donors (Lipinski definition) is 1. The number of aliphatic hydroxyl groups excluding tert-OH is 1. The van der Waals surface area contributed by atoms with E-state index in [1.165, 1.54) is 0 Å². The van der Waals surface area contributed by atoms with Crippen molar-refractivity contribution < 1.29 is 14.6 Å². The van der Waals surface area contributed by atoms with Gasteiger partial charge in [-0.25, -0.2) is 4.79 Å². The van der Waals surface area contributed by atoms with Crippen LogP contribution in [-0.4, -0.2) is 23.3 Å². The molecular formula is C12H13BrO3. The van der Waals surface area contributed by atoms with Crippen molar-refractivity contribution >= 4 is 21.9 Å². The average Bonchev–Trinajstić information content (AvgIpc) is 2.65. The minimum atomic E-state index is -0.317. The Morgan fingerprint density at radius 2 is 2.00 bits per heavy atom. The summed E-state index contributed by atoms with van der Waals surface area (Å²) in [6, 6.07) is 7.05. The molecule has 16 heavy (non-hydrogen) atoms. The Kier molecular flexibility index (Phi) is 3.61. The maximum Gasteiger partial charge on any atom is 0.338 e. The summed E-state index contributed by atoms with van der Waals surface area (Å²) < 4.78 is 6.22. The van der Waals surface area contributed by atoms with Crippen LogP contribution >= 0.6 is 15.9 Å². The van der Waals surface area contributed by atoms with Gasteiger partial charge in [0.15, 0.2) is 0 Å². The summed E-state index contributed by atoms with van der Waals surface area (Å²) in [5, 5.41) is 9.32. The number of esters is 1. The molecule has 0 radical (unpaired) electrons. The number of carbonyl (C=O) groups is 1. The van der Waals surface area contributed by atoms with Gasteiger partial charge < -0.3 is 9.84 Å². The molecule has 1 aromatic carbocycles. The molecule has 0 saturated heterocycles. The van der Waals surface area contributed by atoms with Crippen LogP contribution in [0.3, 0.4) is 0 Å². The summed E-state index contributed by atoms with van der Waals surface area (Å²) >= 11 is 3.31. The van der Waals surface area contributed by atoms with Gasteiger partial charge in [-0.05, 0) is 37.1 Å². The summed E-state index contributed by atoms with van der Waals surface area (Å²) in [6.07, 6.45) is 1.58. The van der Waals surface area contributed by atoms with Gasteiger partial charge in [-0.15, -0.1) is 0 Å². The van der Waals surface area contributed by atoms with E-state index in [1.807, 2.05) is 0 Å². The monoisotopic (exact) mass is 284 g/mol. The van der Waals surface area contributed by atoms with Crippen molar-refractivity contribution in [3.05, 3.63) is 34.3 Å². The van der Waals surface area contributed by atoms with Crippen molar-refractivity contribution in [2.24, 2.45) is 0 Å². The van der Waals surface area contributed by atoms with Crippen LogP contribution in [0, 0.1) is 0 Å². The summed E-state index contributed by atoms with van der Waals surface area (Å²) in [6.45, 7) is 0. The predicted octanol–water partition coefficient (Wildman–Crippen LogP) is 2.52. The molecule has 0 aliphatic heterocycles. The second kappa shape index (κ2) is 4.97. The Bertz CT molecular complexity index is 374. The molecule has 1 aliphatic rings. The van der Waals surface area contributed by atoms with E-state index in [1.54, 1.807) is 24.3 Å². The molecule has 0 heterocycles. The lowest BCUT2D eigenvalue weighted by molar-refractivity contribution is 0.0287. The maximum atomic E-state index is 11.7. The molecule has 1 saturated carbocycles. The van der Waals surface area contributed by atoms with Crippen LogP contribution in [0.4, 0.5) is 0 Å². The lowest BCUT2D eigenvalue weighted by atomic mass is 10.2. The zero-order chi connectivity index (χ0) is 11.5. The molecule has 0 amide bonds. The molecule has 3 nitrogen and oxygen atoms in total. The Hall–Kier alpha value is -0.870. The first kappa shape index (κ1) is 11.6. The van der Waals surface area contributed by atoms with E-state index in [2.05, 4.69) is 15.9 Å². The maximum absolute atomic E-state index is 11.7. The fraction of sp³-hybridized carbons (Fsp3) is 0.417. The second-order valence-corrected chi connectivity index (χ2v) is 4.92. The molecule has 0 spiro atoms. The number of halogens is 1. The van der Waals surface area contributed by atoms with Crippen molar-refractivity contribution in [3.8, 4) is 0 Å². The highest BCUT2D eigenvalue weighted by Gasteiger charge is 2.26. The molecule has 0 aromatic heterocycles. The van der Waals surface area contributed by atoms with Crippen molar-refractivity contribution in [1.82, 2.24) is 0 Å². The van der Waals surface area contributed by atoms with E-state index in [9.17, 15) is 9.90 Å². The van der Waals surface area contributed by atoms with E-state index in [0.717, 1.165) is 17.3 Å².